The standard InChI is InChI=1S/C13H19ClN2O/c14-12-3-1-2-11(8-12)4-5-16-6-7-17-13(9-15)10-16/h1-3,8,13H,4-7,9-10,15H2. The highest BCUT2D eigenvalue weighted by Crippen LogP contribution is 2.12. The van der Waals surface area contributed by atoms with E-state index in [2.05, 4.69) is 11.0 Å². The smallest absolute Gasteiger partial charge is 0.0824 e. The van der Waals surface area contributed by atoms with E-state index in [9.17, 15) is 0 Å². The molecule has 1 aromatic carbocycles. The molecule has 0 radical (unpaired) electrons. The number of benzene rings is 1. The molecule has 2 N–H and O–H groups in total. The summed E-state index contributed by atoms with van der Waals surface area (Å²) in [5.74, 6) is 0. The highest BCUT2D eigenvalue weighted by molar-refractivity contribution is 6.30. The second kappa shape index (κ2) is 6.36. The summed E-state index contributed by atoms with van der Waals surface area (Å²) < 4.78 is 5.54. The zero-order valence-electron chi connectivity index (χ0n) is 9.94. The van der Waals surface area contributed by atoms with Crippen LogP contribution in [0.1, 0.15) is 5.56 Å². The molecule has 0 aliphatic carbocycles. The lowest BCUT2D eigenvalue weighted by Crippen LogP contribution is -2.46. The summed E-state index contributed by atoms with van der Waals surface area (Å²) in [6, 6.07) is 8.05. The van der Waals surface area contributed by atoms with Gasteiger partial charge in [0.15, 0.2) is 0 Å². The monoisotopic (exact) mass is 254 g/mol. The van der Waals surface area contributed by atoms with E-state index >= 15 is 0 Å². The van der Waals surface area contributed by atoms with Crippen LogP contribution < -0.4 is 5.73 Å². The van der Waals surface area contributed by atoms with Crippen molar-refractivity contribution in [2.75, 3.05) is 32.8 Å². The van der Waals surface area contributed by atoms with Gasteiger partial charge in [0.2, 0.25) is 0 Å². The summed E-state index contributed by atoms with van der Waals surface area (Å²) in [4.78, 5) is 2.40. The first-order chi connectivity index (χ1) is 8.28. The molecule has 0 saturated carbocycles. The SMILES string of the molecule is NCC1CN(CCc2cccc(Cl)c2)CCO1. The van der Waals surface area contributed by atoms with Gasteiger partial charge in [-0.2, -0.15) is 0 Å². The molecule has 1 aliphatic heterocycles. The number of nitrogens with two attached hydrogens (primary N) is 1. The molecule has 0 bridgehead atoms. The maximum absolute atomic E-state index is 5.96. The summed E-state index contributed by atoms with van der Waals surface area (Å²) in [5.41, 5.74) is 6.91. The van der Waals surface area contributed by atoms with Gasteiger partial charge in [0, 0.05) is 31.2 Å². The zero-order chi connectivity index (χ0) is 12.1. The Balaban J connectivity index is 1.81. The summed E-state index contributed by atoms with van der Waals surface area (Å²) in [6.07, 6.45) is 1.22. The normalized spacial score (nSPS) is 21.6. The molecule has 1 heterocycles. The molecule has 17 heavy (non-hydrogen) atoms. The van der Waals surface area contributed by atoms with Gasteiger partial charge < -0.3 is 10.5 Å². The topological polar surface area (TPSA) is 38.5 Å². The van der Waals surface area contributed by atoms with E-state index in [0.29, 0.717) is 6.54 Å². The van der Waals surface area contributed by atoms with E-state index in [1.807, 2.05) is 18.2 Å². The summed E-state index contributed by atoms with van der Waals surface area (Å²) in [7, 11) is 0. The summed E-state index contributed by atoms with van der Waals surface area (Å²) in [6.45, 7) is 4.37. The lowest BCUT2D eigenvalue weighted by Gasteiger charge is -2.32. The van der Waals surface area contributed by atoms with Crippen molar-refractivity contribution in [1.82, 2.24) is 4.90 Å². The van der Waals surface area contributed by atoms with Gasteiger partial charge in [-0.15, -0.1) is 0 Å². The third-order valence-electron chi connectivity index (χ3n) is 3.09. The molecule has 0 spiro atoms. The van der Waals surface area contributed by atoms with Crippen molar-refractivity contribution in [2.45, 2.75) is 12.5 Å². The van der Waals surface area contributed by atoms with Gasteiger partial charge >= 0.3 is 0 Å². The molecule has 1 saturated heterocycles. The van der Waals surface area contributed by atoms with E-state index in [1.54, 1.807) is 0 Å². The summed E-state index contributed by atoms with van der Waals surface area (Å²) >= 11 is 5.96. The van der Waals surface area contributed by atoms with E-state index < -0.39 is 0 Å². The molecule has 2 rings (SSSR count). The first-order valence-electron chi connectivity index (χ1n) is 6.06. The van der Waals surface area contributed by atoms with Gasteiger partial charge in [-0.1, -0.05) is 23.7 Å². The second-order valence-electron chi connectivity index (χ2n) is 4.41. The number of rotatable bonds is 4. The lowest BCUT2D eigenvalue weighted by molar-refractivity contribution is -0.0226. The number of hydrogen-bond donors (Lipinski definition) is 1. The minimum absolute atomic E-state index is 0.197. The van der Waals surface area contributed by atoms with Crippen molar-refractivity contribution in [3.05, 3.63) is 34.9 Å². The fraction of sp³-hybridized carbons (Fsp3) is 0.538. The Morgan fingerprint density at radius 2 is 2.35 bits per heavy atom. The molecule has 3 nitrogen and oxygen atoms in total. The van der Waals surface area contributed by atoms with Gasteiger partial charge in [0.25, 0.3) is 0 Å². The van der Waals surface area contributed by atoms with Crippen molar-refractivity contribution in [2.24, 2.45) is 5.73 Å². The van der Waals surface area contributed by atoms with Crippen LogP contribution in [0.5, 0.6) is 0 Å². The minimum atomic E-state index is 0.197. The Bertz CT molecular complexity index is 359. The van der Waals surface area contributed by atoms with E-state index in [1.165, 1.54) is 5.56 Å². The first-order valence-corrected chi connectivity index (χ1v) is 6.44. The molecular weight excluding hydrogens is 236 g/mol. The Morgan fingerprint density at radius 1 is 1.47 bits per heavy atom. The Labute approximate surface area is 107 Å². The van der Waals surface area contributed by atoms with Gasteiger partial charge in [0.1, 0.15) is 0 Å². The molecule has 94 valence electrons. The highest BCUT2D eigenvalue weighted by Gasteiger charge is 2.18. The van der Waals surface area contributed by atoms with Crippen LogP contribution in [0, 0.1) is 0 Å². The lowest BCUT2D eigenvalue weighted by atomic mass is 10.1. The van der Waals surface area contributed by atoms with Crippen LogP contribution in [-0.4, -0.2) is 43.8 Å². The van der Waals surface area contributed by atoms with Crippen molar-refractivity contribution in [1.29, 1.82) is 0 Å². The number of morpholine rings is 1. The fourth-order valence-electron chi connectivity index (χ4n) is 2.11. The number of halogens is 1. The zero-order valence-corrected chi connectivity index (χ0v) is 10.7. The molecular formula is C13H19ClN2O. The first kappa shape index (κ1) is 12.8. The fourth-order valence-corrected chi connectivity index (χ4v) is 2.32. The van der Waals surface area contributed by atoms with Crippen LogP contribution >= 0.6 is 11.6 Å². The Morgan fingerprint density at radius 3 is 3.12 bits per heavy atom. The molecule has 1 aliphatic rings. The quantitative estimate of drug-likeness (QED) is 0.886. The Hall–Kier alpha value is -0.610. The maximum atomic E-state index is 5.96. The number of hydrogen-bond acceptors (Lipinski definition) is 3. The van der Waals surface area contributed by atoms with Crippen molar-refractivity contribution < 1.29 is 4.74 Å². The van der Waals surface area contributed by atoms with Gasteiger partial charge in [0.05, 0.1) is 12.7 Å². The van der Waals surface area contributed by atoms with Crippen LogP contribution in [0.25, 0.3) is 0 Å². The van der Waals surface area contributed by atoms with Crippen LogP contribution in [0.15, 0.2) is 24.3 Å². The van der Waals surface area contributed by atoms with Crippen molar-refractivity contribution in [3.8, 4) is 0 Å². The largest absolute Gasteiger partial charge is 0.374 e. The van der Waals surface area contributed by atoms with Gasteiger partial charge in [-0.25, -0.2) is 0 Å². The minimum Gasteiger partial charge on any atom is -0.374 e. The predicted octanol–water partition coefficient (Wildman–Crippen LogP) is 1.54. The molecule has 4 heteroatoms. The van der Waals surface area contributed by atoms with E-state index in [0.717, 1.165) is 37.7 Å². The van der Waals surface area contributed by atoms with Crippen LogP contribution in [-0.2, 0) is 11.2 Å². The molecule has 1 fully saturated rings. The van der Waals surface area contributed by atoms with Crippen molar-refractivity contribution >= 4 is 11.6 Å². The summed E-state index contributed by atoms with van der Waals surface area (Å²) in [5, 5.41) is 0.810. The van der Waals surface area contributed by atoms with Crippen LogP contribution in [0.2, 0.25) is 5.02 Å². The maximum Gasteiger partial charge on any atom is 0.0824 e. The predicted molar refractivity (Wildman–Crippen MR) is 70.4 cm³/mol. The van der Waals surface area contributed by atoms with Crippen LogP contribution in [0.3, 0.4) is 0 Å². The molecule has 0 amide bonds. The second-order valence-corrected chi connectivity index (χ2v) is 4.85. The third kappa shape index (κ3) is 3.96. The third-order valence-corrected chi connectivity index (χ3v) is 3.33. The van der Waals surface area contributed by atoms with Gasteiger partial charge in [-0.3, -0.25) is 4.90 Å². The molecule has 1 unspecified atom stereocenters. The van der Waals surface area contributed by atoms with E-state index in [-0.39, 0.29) is 6.10 Å². The van der Waals surface area contributed by atoms with Crippen LogP contribution in [0.4, 0.5) is 0 Å². The Kier molecular flexibility index (Phi) is 4.80. The molecule has 1 atom stereocenters. The van der Waals surface area contributed by atoms with E-state index in [4.69, 9.17) is 22.1 Å². The average Bonchev–Trinajstić information content (AvgIpc) is 2.37. The number of ether oxygens (including phenoxy) is 1. The van der Waals surface area contributed by atoms with Gasteiger partial charge in [-0.05, 0) is 24.1 Å². The number of nitrogens with zero attached hydrogens (tertiary/aromatic N) is 1. The van der Waals surface area contributed by atoms with Crippen molar-refractivity contribution in [3.63, 3.8) is 0 Å². The molecule has 1 aromatic rings. The average molecular weight is 255 g/mol. The highest BCUT2D eigenvalue weighted by atomic mass is 35.5. The molecule has 0 aromatic heterocycles.